The number of carbonyl (C=O) groups excluding carboxylic acids is 1. The molecule has 0 amide bonds. The van der Waals surface area contributed by atoms with Crippen LogP contribution in [0.15, 0.2) is 86.6 Å². The first-order valence-electron chi connectivity index (χ1n) is 15.2. The molecule has 0 saturated heterocycles. The zero-order valence-corrected chi connectivity index (χ0v) is 28.9. The van der Waals surface area contributed by atoms with Crippen LogP contribution in [0.5, 0.6) is 17.2 Å². The van der Waals surface area contributed by atoms with Gasteiger partial charge in [-0.2, -0.15) is 8.42 Å². The lowest BCUT2D eigenvalue weighted by molar-refractivity contribution is -0.385. The van der Waals surface area contributed by atoms with Gasteiger partial charge in [-0.15, -0.1) is 0 Å². The molecule has 3 aromatic carbocycles. The van der Waals surface area contributed by atoms with Gasteiger partial charge < -0.3 is 18.4 Å². The number of aromatic nitrogens is 1. The van der Waals surface area contributed by atoms with Gasteiger partial charge in [0.15, 0.2) is 4.80 Å². The van der Waals surface area contributed by atoms with Crippen molar-refractivity contribution in [3.63, 3.8) is 0 Å². The largest absolute Gasteiger partial charge is 0.497 e. The van der Waals surface area contributed by atoms with Crippen LogP contribution in [-0.2, 0) is 19.6 Å². The Morgan fingerprint density at radius 2 is 1.76 bits per heavy atom. The van der Waals surface area contributed by atoms with E-state index >= 15 is 0 Å². The molecule has 4 aromatic rings. The van der Waals surface area contributed by atoms with Gasteiger partial charge in [-0.3, -0.25) is 19.5 Å². The van der Waals surface area contributed by atoms with Gasteiger partial charge >= 0.3 is 16.1 Å². The highest BCUT2D eigenvalue weighted by molar-refractivity contribution is 7.87. The van der Waals surface area contributed by atoms with Gasteiger partial charge in [-0.1, -0.05) is 42.9 Å². The average Bonchev–Trinajstić information content (AvgIpc) is 3.38. The Kier molecular flexibility index (Phi) is 10.3. The van der Waals surface area contributed by atoms with Crippen LogP contribution in [0.3, 0.4) is 0 Å². The lowest BCUT2D eigenvalue weighted by Crippen LogP contribution is -2.40. The minimum absolute atomic E-state index is 0.0322. The van der Waals surface area contributed by atoms with Crippen molar-refractivity contribution >= 4 is 39.2 Å². The Morgan fingerprint density at radius 3 is 2.39 bits per heavy atom. The molecule has 1 aliphatic rings. The molecule has 256 valence electrons. The van der Waals surface area contributed by atoms with Gasteiger partial charge in [-0.05, 0) is 68.3 Å². The predicted molar refractivity (Wildman–Crippen MR) is 181 cm³/mol. The van der Waals surface area contributed by atoms with Crippen LogP contribution in [0, 0.1) is 17.0 Å². The molecule has 15 heteroatoms. The van der Waals surface area contributed by atoms with Crippen molar-refractivity contribution in [1.29, 1.82) is 0 Å². The number of hydrogen-bond donors (Lipinski definition) is 0. The number of allylic oxidation sites excluding steroid dienone is 1. The van der Waals surface area contributed by atoms with E-state index < -0.39 is 32.6 Å². The quantitative estimate of drug-likeness (QED) is 0.0881. The number of benzene rings is 3. The second-order valence-corrected chi connectivity index (χ2v) is 13.4. The minimum Gasteiger partial charge on any atom is -0.497 e. The van der Waals surface area contributed by atoms with E-state index in [0.717, 1.165) is 17.4 Å². The monoisotopic (exact) mass is 707 g/mol. The maximum Gasteiger partial charge on any atom is 0.339 e. The molecular formula is C34H33N3O10S2. The summed E-state index contributed by atoms with van der Waals surface area (Å²) in [5, 5.41) is 11.3. The van der Waals surface area contributed by atoms with E-state index in [1.54, 1.807) is 43.3 Å². The van der Waals surface area contributed by atoms with E-state index in [1.165, 1.54) is 50.0 Å². The van der Waals surface area contributed by atoms with Crippen molar-refractivity contribution in [2.45, 2.75) is 44.6 Å². The summed E-state index contributed by atoms with van der Waals surface area (Å²) in [5.74, 6) is 0.311. The second kappa shape index (κ2) is 14.5. The number of nitrogens with zero attached hydrogens (tertiary/aromatic N) is 3. The number of thiazole rings is 1. The van der Waals surface area contributed by atoms with Crippen LogP contribution in [-0.4, -0.2) is 44.7 Å². The van der Waals surface area contributed by atoms with Crippen molar-refractivity contribution in [1.82, 2.24) is 4.57 Å². The molecule has 1 aromatic heterocycles. The van der Waals surface area contributed by atoms with Gasteiger partial charge in [-0.25, -0.2) is 9.79 Å². The first-order valence-corrected chi connectivity index (χ1v) is 17.4. The standard InChI is InChI=1S/C34H33N3O10S2/c1-6-8-26-30(33(39)46-7-2)31(25-18-23(44-4)14-16-28(25)45-5)36-32(38)29(48-34(36)35-26)17-21-10-12-22(13-11-21)47-49(42,43)24-15-9-20(3)27(19-24)37(40)41/h9-19,31H,6-8H2,1-5H3/b29-17-/t31-/m1/s1. The summed E-state index contributed by atoms with van der Waals surface area (Å²) in [6.07, 6.45) is 2.77. The minimum atomic E-state index is -4.38. The summed E-state index contributed by atoms with van der Waals surface area (Å²) >= 11 is 1.14. The first-order chi connectivity index (χ1) is 23.4. The summed E-state index contributed by atoms with van der Waals surface area (Å²) < 4.78 is 49.4. The number of nitro groups is 1. The average molecular weight is 708 g/mol. The summed E-state index contributed by atoms with van der Waals surface area (Å²) in [7, 11) is -1.36. The van der Waals surface area contributed by atoms with Gasteiger partial charge in [0, 0.05) is 17.2 Å². The molecule has 0 aliphatic carbocycles. The molecule has 13 nitrogen and oxygen atoms in total. The first kappa shape index (κ1) is 35.0. The zero-order chi connectivity index (χ0) is 35.5. The van der Waals surface area contributed by atoms with Crippen LogP contribution >= 0.6 is 11.3 Å². The molecule has 1 aliphatic heterocycles. The summed E-state index contributed by atoms with van der Waals surface area (Å²) in [4.78, 5) is 43.1. The van der Waals surface area contributed by atoms with Crippen molar-refractivity contribution in [2.24, 2.45) is 4.99 Å². The fourth-order valence-electron chi connectivity index (χ4n) is 5.36. The van der Waals surface area contributed by atoms with Gasteiger partial charge in [0.05, 0.1) is 41.6 Å². The fourth-order valence-corrected chi connectivity index (χ4v) is 7.33. The summed E-state index contributed by atoms with van der Waals surface area (Å²) in [6, 6.07) is 13.7. The van der Waals surface area contributed by atoms with E-state index in [2.05, 4.69) is 0 Å². The summed E-state index contributed by atoms with van der Waals surface area (Å²) in [6.45, 7) is 5.30. The van der Waals surface area contributed by atoms with Crippen LogP contribution in [0.2, 0.25) is 0 Å². The zero-order valence-electron chi connectivity index (χ0n) is 27.3. The number of carbonyl (C=O) groups is 1. The number of rotatable bonds is 12. The molecule has 0 unspecified atom stereocenters. The van der Waals surface area contributed by atoms with Gasteiger partial charge in [0.2, 0.25) is 0 Å². The van der Waals surface area contributed by atoms with Crippen molar-refractivity contribution in [3.8, 4) is 17.2 Å². The Hall–Kier alpha value is -5.28. The molecule has 0 fully saturated rings. The highest BCUT2D eigenvalue weighted by atomic mass is 32.2. The topological polar surface area (TPSA) is 166 Å². The van der Waals surface area contributed by atoms with Crippen LogP contribution in [0.1, 0.15) is 49.4 Å². The van der Waals surface area contributed by atoms with Gasteiger partial charge in [0.1, 0.15) is 28.2 Å². The molecule has 0 bridgehead atoms. The Bertz CT molecular complexity index is 2260. The van der Waals surface area contributed by atoms with Crippen LogP contribution in [0.4, 0.5) is 5.69 Å². The number of nitro benzene ring substituents is 1. The van der Waals surface area contributed by atoms with Crippen molar-refractivity contribution in [2.75, 3.05) is 20.8 Å². The fraction of sp³-hybridized carbons (Fsp3) is 0.265. The van der Waals surface area contributed by atoms with E-state index in [9.17, 15) is 28.1 Å². The lowest BCUT2D eigenvalue weighted by Gasteiger charge is -2.27. The molecule has 0 radical (unpaired) electrons. The maximum atomic E-state index is 14.1. The smallest absolute Gasteiger partial charge is 0.339 e. The SMILES string of the molecule is CCCC1=C(C(=O)OCC)[C@@H](c2cc(OC)ccc2OC)n2c(s/c(=C\c3ccc(OS(=O)(=O)c4ccc(C)c([N+](=O)[O-])c4)cc3)c2=O)=N1. The number of aryl methyl sites for hydroxylation is 1. The number of methoxy groups -OCH3 is 2. The second-order valence-electron chi connectivity index (χ2n) is 10.8. The highest BCUT2D eigenvalue weighted by Crippen LogP contribution is 2.38. The normalized spacial score (nSPS) is 14.6. The molecule has 0 saturated carbocycles. The lowest BCUT2D eigenvalue weighted by atomic mass is 9.93. The van der Waals surface area contributed by atoms with Gasteiger partial charge in [0.25, 0.3) is 11.2 Å². The predicted octanol–water partition coefficient (Wildman–Crippen LogP) is 4.58. The third-order valence-electron chi connectivity index (χ3n) is 7.67. The van der Waals surface area contributed by atoms with E-state index in [-0.39, 0.29) is 28.5 Å². The Labute approximate surface area is 285 Å². The highest BCUT2D eigenvalue weighted by Gasteiger charge is 2.36. The molecular weight excluding hydrogens is 675 g/mol. The number of ether oxygens (including phenoxy) is 3. The molecule has 5 rings (SSSR count). The number of hydrogen-bond acceptors (Lipinski definition) is 12. The van der Waals surface area contributed by atoms with Crippen molar-refractivity contribution < 1.29 is 36.5 Å². The summed E-state index contributed by atoms with van der Waals surface area (Å²) in [5.41, 5.74) is 1.36. The van der Waals surface area contributed by atoms with Crippen LogP contribution in [0.25, 0.3) is 6.08 Å². The Morgan fingerprint density at radius 1 is 1.04 bits per heavy atom. The van der Waals surface area contributed by atoms with Crippen molar-refractivity contribution in [3.05, 3.63) is 118 Å². The third-order valence-corrected chi connectivity index (χ3v) is 9.90. The third kappa shape index (κ3) is 7.12. The van der Waals surface area contributed by atoms with Crippen LogP contribution < -0.4 is 28.5 Å². The maximum absolute atomic E-state index is 14.1. The molecule has 49 heavy (non-hydrogen) atoms. The number of esters is 1. The van der Waals surface area contributed by atoms with E-state index in [1.807, 2.05) is 6.92 Å². The van der Waals surface area contributed by atoms with E-state index in [0.29, 0.717) is 56.1 Å². The van der Waals surface area contributed by atoms with E-state index in [4.69, 9.17) is 23.4 Å². The molecule has 0 N–H and O–H groups in total. The molecule has 1 atom stereocenters. The number of fused-ring (bicyclic) bond motifs is 1. The molecule has 2 heterocycles. The Balaban J connectivity index is 1.58. The molecule has 0 spiro atoms.